The molecule has 0 aliphatic heterocycles. The Kier molecular flexibility index (Phi) is 7.43. The molecule has 19 heavy (non-hydrogen) atoms. The van der Waals surface area contributed by atoms with Gasteiger partial charge in [-0.15, -0.1) is 0 Å². The Labute approximate surface area is 115 Å². The molecule has 0 spiro atoms. The number of ether oxygens (including phenoxy) is 2. The Bertz CT molecular complexity index is 377. The molecule has 1 aromatic rings. The highest BCUT2D eigenvalue weighted by Crippen LogP contribution is 2.11. The van der Waals surface area contributed by atoms with Gasteiger partial charge in [-0.3, -0.25) is 4.99 Å². The number of methoxy groups -OCH3 is 2. The van der Waals surface area contributed by atoms with Crippen LogP contribution in [-0.2, 0) is 11.2 Å². The van der Waals surface area contributed by atoms with Crippen LogP contribution in [0.15, 0.2) is 29.3 Å². The first-order chi connectivity index (χ1) is 9.30. The minimum Gasteiger partial charge on any atom is -0.497 e. The molecule has 0 atom stereocenters. The van der Waals surface area contributed by atoms with E-state index in [0.29, 0.717) is 6.61 Å². The lowest BCUT2D eigenvalue weighted by Gasteiger charge is -2.11. The van der Waals surface area contributed by atoms with Crippen molar-refractivity contribution in [3.8, 4) is 5.75 Å². The monoisotopic (exact) mass is 265 g/mol. The number of hydrogen-bond acceptors (Lipinski definition) is 3. The van der Waals surface area contributed by atoms with Gasteiger partial charge in [-0.1, -0.05) is 12.1 Å². The number of guanidine groups is 1. The van der Waals surface area contributed by atoms with Gasteiger partial charge < -0.3 is 20.1 Å². The summed E-state index contributed by atoms with van der Waals surface area (Å²) in [6.45, 7) is 2.25. The fourth-order valence-corrected chi connectivity index (χ4v) is 1.61. The molecule has 0 saturated heterocycles. The van der Waals surface area contributed by atoms with Crippen molar-refractivity contribution in [3.05, 3.63) is 29.8 Å². The summed E-state index contributed by atoms with van der Waals surface area (Å²) in [6.07, 6.45) is 0.939. The molecule has 0 amide bonds. The van der Waals surface area contributed by atoms with Crippen molar-refractivity contribution >= 4 is 5.96 Å². The highest BCUT2D eigenvalue weighted by Gasteiger charge is 1.98. The van der Waals surface area contributed by atoms with Crippen molar-refractivity contribution in [3.63, 3.8) is 0 Å². The first-order valence-electron chi connectivity index (χ1n) is 6.36. The van der Waals surface area contributed by atoms with Crippen LogP contribution in [-0.4, -0.2) is 46.9 Å². The van der Waals surface area contributed by atoms with E-state index >= 15 is 0 Å². The maximum Gasteiger partial charge on any atom is 0.191 e. The van der Waals surface area contributed by atoms with Gasteiger partial charge in [-0.05, 0) is 24.1 Å². The number of benzene rings is 1. The SMILES string of the molecule is CN=C(NCCOC)NCCc1ccc(OC)cc1. The molecular weight excluding hydrogens is 242 g/mol. The van der Waals surface area contributed by atoms with Crippen molar-refractivity contribution < 1.29 is 9.47 Å². The molecule has 5 nitrogen and oxygen atoms in total. The Morgan fingerprint density at radius 1 is 1.11 bits per heavy atom. The maximum absolute atomic E-state index is 5.13. The van der Waals surface area contributed by atoms with Gasteiger partial charge >= 0.3 is 0 Å². The topological polar surface area (TPSA) is 54.9 Å². The van der Waals surface area contributed by atoms with Crippen molar-refractivity contribution in [2.24, 2.45) is 4.99 Å². The van der Waals surface area contributed by atoms with Gasteiger partial charge in [-0.25, -0.2) is 0 Å². The average Bonchev–Trinajstić information content (AvgIpc) is 2.46. The van der Waals surface area contributed by atoms with Gasteiger partial charge in [-0.2, -0.15) is 0 Å². The molecule has 0 bridgehead atoms. The molecule has 1 aromatic carbocycles. The maximum atomic E-state index is 5.13. The number of nitrogens with one attached hydrogen (secondary N) is 2. The van der Waals surface area contributed by atoms with Crippen molar-refractivity contribution in [2.75, 3.05) is 41.0 Å². The number of rotatable bonds is 7. The second kappa shape index (κ2) is 9.22. The van der Waals surface area contributed by atoms with Gasteiger partial charge in [0.1, 0.15) is 5.75 Å². The molecule has 0 aromatic heterocycles. The summed E-state index contributed by atoms with van der Waals surface area (Å²) >= 11 is 0. The van der Waals surface area contributed by atoms with Crippen LogP contribution in [0.25, 0.3) is 0 Å². The van der Waals surface area contributed by atoms with E-state index in [-0.39, 0.29) is 0 Å². The molecule has 0 unspecified atom stereocenters. The predicted molar refractivity (Wildman–Crippen MR) is 77.9 cm³/mol. The number of hydrogen-bond donors (Lipinski definition) is 2. The van der Waals surface area contributed by atoms with Crippen LogP contribution in [0.3, 0.4) is 0 Å². The number of nitrogens with zero attached hydrogens (tertiary/aromatic N) is 1. The van der Waals surface area contributed by atoms with Crippen molar-refractivity contribution in [1.29, 1.82) is 0 Å². The van der Waals surface area contributed by atoms with E-state index in [9.17, 15) is 0 Å². The lowest BCUT2D eigenvalue weighted by Crippen LogP contribution is -2.39. The fraction of sp³-hybridized carbons (Fsp3) is 0.500. The molecule has 0 saturated carbocycles. The molecule has 2 N–H and O–H groups in total. The molecule has 0 aliphatic carbocycles. The van der Waals surface area contributed by atoms with Gasteiger partial charge in [0.05, 0.1) is 13.7 Å². The zero-order valence-corrected chi connectivity index (χ0v) is 11.9. The Balaban J connectivity index is 2.27. The van der Waals surface area contributed by atoms with E-state index in [1.807, 2.05) is 12.1 Å². The first kappa shape index (κ1) is 15.3. The third kappa shape index (κ3) is 6.10. The third-order valence-electron chi connectivity index (χ3n) is 2.69. The van der Waals surface area contributed by atoms with Gasteiger partial charge in [0.15, 0.2) is 5.96 Å². The summed E-state index contributed by atoms with van der Waals surface area (Å²) in [5.41, 5.74) is 1.26. The van der Waals surface area contributed by atoms with E-state index in [4.69, 9.17) is 9.47 Å². The van der Waals surface area contributed by atoms with Gasteiger partial charge in [0.2, 0.25) is 0 Å². The minimum absolute atomic E-state index is 0.666. The lowest BCUT2D eigenvalue weighted by atomic mass is 10.1. The summed E-state index contributed by atoms with van der Waals surface area (Å²) in [7, 11) is 5.11. The second-order valence-corrected chi connectivity index (χ2v) is 4.02. The summed E-state index contributed by atoms with van der Waals surface area (Å²) < 4.78 is 10.1. The molecule has 0 fully saturated rings. The van der Waals surface area contributed by atoms with E-state index in [2.05, 4.69) is 27.8 Å². The first-order valence-corrected chi connectivity index (χ1v) is 6.36. The zero-order chi connectivity index (χ0) is 13.9. The van der Waals surface area contributed by atoms with Crippen LogP contribution in [0.2, 0.25) is 0 Å². The summed E-state index contributed by atoms with van der Waals surface area (Å²) in [4.78, 5) is 4.14. The summed E-state index contributed by atoms with van der Waals surface area (Å²) in [5, 5.41) is 6.43. The van der Waals surface area contributed by atoms with E-state index in [1.165, 1.54) is 5.56 Å². The molecular formula is C14H23N3O2. The highest BCUT2D eigenvalue weighted by atomic mass is 16.5. The largest absolute Gasteiger partial charge is 0.497 e. The molecule has 1 rings (SSSR count). The third-order valence-corrected chi connectivity index (χ3v) is 2.69. The normalized spacial score (nSPS) is 11.2. The number of aliphatic imine (C=N–C) groups is 1. The zero-order valence-electron chi connectivity index (χ0n) is 11.9. The molecule has 5 heteroatoms. The van der Waals surface area contributed by atoms with Crippen LogP contribution >= 0.6 is 0 Å². The van der Waals surface area contributed by atoms with Gasteiger partial charge in [0, 0.05) is 27.2 Å². The quantitative estimate of drug-likeness (QED) is 0.439. The lowest BCUT2D eigenvalue weighted by molar-refractivity contribution is 0.203. The Morgan fingerprint density at radius 3 is 2.37 bits per heavy atom. The minimum atomic E-state index is 0.666. The smallest absolute Gasteiger partial charge is 0.191 e. The highest BCUT2D eigenvalue weighted by molar-refractivity contribution is 5.79. The average molecular weight is 265 g/mol. The van der Waals surface area contributed by atoms with Crippen LogP contribution in [0.4, 0.5) is 0 Å². The molecule has 0 radical (unpaired) electrons. The van der Waals surface area contributed by atoms with E-state index in [1.54, 1.807) is 21.3 Å². The van der Waals surface area contributed by atoms with Crippen LogP contribution < -0.4 is 15.4 Å². The molecule has 0 heterocycles. The van der Waals surface area contributed by atoms with Crippen molar-refractivity contribution in [1.82, 2.24) is 10.6 Å². The fourth-order valence-electron chi connectivity index (χ4n) is 1.61. The van der Waals surface area contributed by atoms with Crippen LogP contribution in [0, 0.1) is 0 Å². The summed E-state index contributed by atoms with van der Waals surface area (Å²) in [5.74, 6) is 1.68. The molecule has 0 aliphatic rings. The predicted octanol–water partition coefficient (Wildman–Crippen LogP) is 1.05. The summed E-state index contributed by atoms with van der Waals surface area (Å²) in [6, 6.07) is 8.09. The van der Waals surface area contributed by atoms with E-state index < -0.39 is 0 Å². The van der Waals surface area contributed by atoms with Crippen LogP contribution in [0.5, 0.6) is 5.75 Å². The van der Waals surface area contributed by atoms with E-state index in [0.717, 1.165) is 31.2 Å². The molecule has 106 valence electrons. The Morgan fingerprint density at radius 2 is 1.79 bits per heavy atom. The van der Waals surface area contributed by atoms with Gasteiger partial charge in [0.25, 0.3) is 0 Å². The standard InChI is InChI=1S/C14H23N3O2/c1-15-14(17-10-11-18-2)16-9-8-12-4-6-13(19-3)7-5-12/h4-7H,8-11H2,1-3H3,(H2,15,16,17). The second-order valence-electron chi connectivity index (χ2n) is 4.02. The van der Waals surface area contributed by atoms with Crippen molar-refractivity contribution in [2.45, 2.75) is 6.42 Å². The Hall–Kier alpha value is -1.75. The van der Waals surface area contributed by atoms with Crippen LogP contribution in [0.1, 0.15) is 5.56 Å².